The van der Waals surface area contributed by atoms with E-state index >= 15 is 0 Å². The first-order chi connectivity index (χ1) is 15.1. The van der Waals surface area contributed by atoms with Crippen LogP contribution in [-0.4, -0.2) is 69.3 Å². The second-order valence-electron chi connectivity index (χ2n) is 7.64. The van der Waals surface area contributed by atoms with Crippen molar-refractivity contribution in [3.05, 3.63) is 40.4 Å². The molecule has 9 nitrogen and oxygen atoms in total. The van der Waals surface area contributed by atoms with Gasteiger partial charge in [-0.1, -0.05) is 15.9 Å². The third-order valence-corrected chi connectivity index (χ3v) is 6.44. The lowest BCUT2D eigenvalue weighted by Crippen LogP contribution is -2.70. The lowest BCUT2D eigenvalue weighted by atomic mass is 9.91. The Hall–Kier alpha value is -1.98. The van der Waals surface area contributed by atoms with Gasteiger partial charge >= 0.3 is 11.9 Å². The molecule has 0 unspecified atom stereocenters. The Bertz CT molecular complexity index is 886. The number of ether oxygens (including phenoxy) is 7. The van der Waals surface area contributed by atoms with E-state index in [1.807, 2.05) is 0 Å². The topological polar surface area (TPSA) is 98.8 Å². The zero-order valence-corrected chi connectivity index (χ0v) is 20.3. The molecule has 1 heterocycles. The predicted molar refractivity (Wildman–Crippen MR) is 115 cm³/mol. The minimum Gasteiger partial charge on any atom is -0.497 e. The molecule has 1 fully saturated rings. The van der Waals surface area contributed by atoms with E-state index in [-0.39, 0.29) is 0 Å². The Morgan fingerprint density at radius 3 is 2.00 bits per heavy atom. The summed E-state index contributed by atoms with van der Waals surface area (Å²) in [5, 5.41) is 0. The Balaban J connectivity index is 1.94. The molecular weight excluding hydrogens is 488 g/mol. The van der Waals surface area contributed by atoms with Gasteiger partial charge in [0, 0.05) is 25.6 Å². The molecule has 2 aliphatic rings. The molecule has 0 bridgehead atoms. The average Bonchev–Trinajstić information content (AvgIpc) is 2.77. The van der Waals surface area contributed by atoms with Crippen molar-refractivity contribution in [2.45, 2.75) is 56.8 Å². The van der Waals surface area contributed by atoms with E-state index in [0.29, 0.717) is 15.8 Å². The van der Waals surface area contributed by atoms with Gasteiger partial charge in [0.05, 0.1) is 12.7 Å². The number of rotatable bonds is 6. The van der Waals surface area contributed by atoms with Crippen LogP contribution in [-0.2, 0) is 33.2 Å². The van der Waals surface area contributed by atoms with Crippen molar-refractivity contribution in [2.75, 3.05) is 21.3 Å². The highest BCUT2D eigenvalue weighted by molar-refractivity contribution is 9.11. The molecule has 6 atom stereocenters. The molecule has 176 valence electrons. The molecule has 0 N–H and O–H groups in total. The molecule has 0 aromatic heterocycles. The third-order valence-electron chi connectivity index (χ3n) is 5.73. The fourth-order valence-corrected chi connectivity index (χ4v) is 4.27. The number of halogens is 1. The van der Waals surface area contributed by atoms with Crippen LogP contribution in [0, 0.1) is 0 Å². The third kappa shape index (κ3) is 4.55. The van der Waals surface area contributed by atoms with Crippen molar-refractivity contribution in [2.24, 2.45) is 0 Å². The molecule has 1 aliphatic carbocycles. The van der Waals surface area contributed by atoms with Gasteiger partial charge in [-0.05, 0) is 44.2 Å². The Morgan fingerprint density at radius 1 is 0.938 bits per heavy atom. The first-order valence-electron chi connectivity index (χ1n) is 9.93. The first kappa shape index (κ1) is 24.7. The van der Waals surface area contributed by atoms with Crippen molar-refractivity contribution in [3.63, 3.8) is 0 Å². The Morgan fingerprint density at radius 2 is 1.50 bits per heavy atom. The van der Waals surface area contributed by atoms with Crippen molar-refractivity contribution in [1.29, 1.82) is 0 Å². The van der Waals surface area contributed by atoms with Crippen molar-refractivity contribution < 1.29 is 42.7 Å². The molecule has 3 rings (SSSR count). The number of hydrogen-bond donors (Lipinski definition) is 0. The van der Waals surface area contributed by atoms with E-state index in [9.17, 15) is 9.59 Å². The summed E-state index contributed by atoms with van der Waals surface area (Å²) in [5.41, 5.74) is 0.331. The van der Waals surface area contributed by atoms with Gasteiger partial charge in [0.2, 0.25) is 11.6 Å². The standard InChI is InChI=1S/C22H27BrO9/c1-12(24)29-16-11-15(23)17(30-20(25)13-7-9-14(26-4)10-8-13)19-18(16)31-21(2,27-5)22(3,28-6)32-19/h7-11,16-19H,1-6H3/t16-,17+,18+,19+,21-,22-/m1/s1. The lowest BCUT2D eigenvalue weighted by molar-refractivity contribution is -0.457. The van der Waals surface area contributed by atoms with E-state index in [2.05, 4.69) is 15.9 Å². The highest BCUT2D eigenvalue weighted by Crippen LogP contribution is 2.45. The smallest absolute Gasteiger partial charge is 0.338 e. The lowest BCUT2D eigenvalue weighted by Gasteiger charge is -2.55. The van der Waals surface area contributed by atoms with Crippen LogP contribution in [0.3, 0.4) is 0 Å². The van der Waals surface area contributed by atoms with E-state index in [4.69, 9.17) is 33.2 Å². The van der Waals surface area contributed by atoms with Crippen LogP contribution in [0.15, 0.2) is 34.8 Å². The summed E-state index contributed by atoms with van der Waals surface area (Å²) in [6, 6.07) is 6.52. The van der Waals surface area contributed by atoms with Gasteiger partial charge in [0.15, 0.2) is 12.2 Å². The number of benzene rings is 1. The van der Waals surface area contributed by atoms with Gasteiger partial charge < -0.3 is 33.2 Å². The van der Waals surface area contributed by atoms with Gasteiger partial charge in [0.1, 0.15) is 18.0 Å². The van der Waals surface area contributed by atoms with Gasteiger partial charge in [-0.2, -0.15) is 0 Å². The molecule has 0 amide bonds. The van der Waals surface area contributed by atoms with Gasteiger partial charge in [-0.15, -0.1) is 0 Å². The normalized spacial score (nSPS) is 34.2. The number of esters is 2. The summed E-state index contributed by atoms with van der Waals surface area (Å²) >= 11 is 3.44. The quantitative estimate of drug-likeness (QED) is 0.530. The average molecular weight is 515 g/mol. The number of carbonyl (C=O) groups excluding carboxylic acids is 2. The summed E-state index contributed by atoms with van der Waals surface area (Å²) in [7, 11) is 4.45. The second-order valence-corrected chi connectivity index (χ2v) is 8.56. The molecule has 1 aromatic rings. The maximum Gasteiger partial charge on any atom is 0.338 e. The molecule has 32 heavy (non-hydrogen) atoms. The SMILES string of the molecule is COc1ccc(C(=O)O[C@H]2C(Br)=C[C@@H](OC(C)=O)[C@@H]3O[C@@](C)(OC)[C@](C)(OC)O[C@H]32)cc1. The number of hydrogen-bond acceptors (Lipinski definition) is 9. The summed E-state index contributed by atoms with van der Waals surface area (Å²) in [6.45, 7) is 4.61. The van der Waals surface area contributed by atoms with Crippen molar-refractivity contribution in [1.82, 2.24) is 0 Å². The highest BCUT2D eigenvalue weighted by atomic mass is 79.9. The van der Waals surface area contributed by atoms with Gasteiger partial charge in [-0.3, -0.25) is 4.79 Å². The molecule has 1 saturated heterocycles. The molecule has 0 radical (unpaired) electrons. The van der Waals surface area contributed by atoms with E-state index < -0.39 is 47.9 Å². The fourth-order valence-electron chi connectivity index (χ4n) is 3.65. The van der Waals surface area contributed by atoms with Crippen LogP contribution in [0.25, 0.3) is 0 Å². The summed E-state index contributed by atoms with van der Waals surface area (Å²) < 4.78 is 40.4. The second kappa shape index (κ2) is 9.48. The number of fused-ring (bicyclic) bond motifs is 1. The summed E-state index contributed by atoms with van der Waals surface area (Å²) in [4.78, 5) is 24.5. The van der Waals surface area contributed by atoms with E-state index in [0.717, 1.165) is 0 Å². The van der Waals surface area contributed by atoms with E-state index in [1.165, 1.54) is 28.3 Å². The van der Waals surface area contributed by atoms with Crippen LogP contribution < -0.4 is 4.74 Å². The molecule has 1 aliphatic heterocycles. The van der Waals surface area contributed by atoms with E-state index in [1.54, 1.807) is 44.2 Å². The summed E-state index contributed by atoms with van der Waals surface area (Å²) in [6.07, 6.45) is -1.78. The predicted octanol–water partition coefficient (Wildman–Crippen LogP) is 2.95. The minimum atomic E-state index is -1.35. The monoisotopic (exact) mass is 514 g/mol. The summed E-state index contributed by atoms with van der Waals surface area (Å²) in [5.74, 6) is -3.14. The molecule has 0 spiro atoms. The zero-order valence-electron chi connectivity index (χ0n) is 18.7. The van der Waals surface area contributed by atoms with Crippen molar-refractivity contribution >= 4 is 27.9 Å². The largest absolute Gasteiger partial charge is 0.497 e. The molecule has 0 saturated carbocycles. The van der Waals surface area contributed by atoms with Crippen molar-refractivity contribution in [3.8, 4) is 5.75 Å². The molecule has 10 heteroatoms. The van der Waals surface area contributed by atoms with Crippen LogP contribution >= 0.6 is 15.9 Å². The Labute approximate surface area is 195 Å². The Kier molecular flexibility index (Phi) is 7.31. The van der Waals surface area contributed by atoms with Gasteiger partial charge in [-0.25, -0.2) is 4.79 Å². The fraction of sp³-hybridized carbons (Fsp3) is 0.545. The zero-order chi connectivity index (χ0) is 23.7. The highest BCUT2D eigenvalue weighted by Gasteiger charge is 2.61. The van der Waals surface area contributed by atoms with Crippen LogP contribution in [0.5, 0.6) is 5.75 Å². The van der Waals surface area contributed by atoms with Crippen LogP contribution in [0.4, 0.5) is 0 Å². The number of carbonyl (C=O) groups is 2. The molecule has 1 aromatic carbocycles. The first-order valence-corrected chi connectivity index (χ1v) is 10.7. The maximum atomic E-state index is 12.9. The molecular formula is C22H27BrO9. The van der Waals surface area contributed by atoms with Crippen LogP contribution in [0.2, 0.25) is 0 Å². The maximum absolute atomic E-state index is 12.9. The minimum absolute atomic E-state index is 0.331. The van der Waals surface area contributed by atoms with Crippen LogP contribution in [0.1, 0.15) is 31.1 Å². The number of methoxy groups -OCH3 is 3. The van der Waals surface area contributed by atoms with Gasteiger partial charge in [0.25, 0.3) is 0 Å².